The SMILES string of the molecule is N=C(NC=O)Nc1cnn(-c2nccc3ccccc23)c1C1CC1. The van der Waals surface area contributed by atoms with Crippen LogP contribution in [0.5, 0.6) is 0 Å². The molecule has 0 bridgehead atoms. The van der Waals surface area contributed by atoms with E-state index >= 15 is 0 Å². The number of nitrogens with one attached hydrogen (secondary N) is 3. The zero-order chi connectivity index (χ0) is 16.5. The zero-order valence-electron chi connectivity index (χ0n) is 12.9. The molecule has 0 atom stereocenters. The number of hydrogen-bond acceptors (Lipinski definition) is 4. The van der Waals surface area contributed by atoms with Gasteiger partial charge in [0.25, 0.3) is 0 Å². The normalized spacial score (nSPS) is 13.7. The Kier molecular flexibility index (Phi) is 3.45. The number of carbonyl (C=O) groups excluding carboxylic acids is 1. The summed E-state index contributed by atoms with van der Waals surface area (Å²) in [6.45, 7) is 0. The van der Waals surface area contributed by atoms with Crippen LogP contribution in [0.3, 0.4) is 0 Å². The fourth-order valence-corrected chi connectivity index (χ4v) is 2.87. The highest BCUT2D eigenvalue weighted by molar-refractivity contribution is 5.97. The van der Waals surface area contributed by atoms with Crippen LogP contribution in [-0.2, 0) is 4.79 Å². The van der Waals surface area contributed by atoms with E-state index in [0.29, 0.717) is 12.3 Å². The van der Waals surface area contributed by atoms with Gasteiger partial charge in [0.1, 0.15) is 0 Å². The van der Waals surface area contributed by atoms with Crippen LogP contribution in [0.1, 0.15) is 24.5 Å². The summed E-state index contributed by atoms with van der Waals surface area (Å²) in [5.41, 5.74) is 1.72. The van der Waals surface area contributed by atoms with Crippen LogP contribution in [-0.4, -0.2) is 27.1 Å². The molecule has 2 heterocycles. The highest BCUT2D eigenvalue weighted by Gasteiger charge is 2.31. The van der Waals surface area contributed by atoms with Gasteiger partial charge in [-0.3, -0.25) is 15.5 Å². The first kappa shape index (κ1) is 14.4. The summed E-state index contributed by atoms with van der Waals surface area (Å²) in [7, 11) is 0. The Labute approximate surface area is 138 Å². The number of pyridine rings is 1. The molecule has 1 fully saturated rings. The third-order valence-corrected chi connectivity index (χ3v) is 4.09. The second-order valence-corrected chi connectivity index (χ2v) is 5.75. The smallest absolute Gasteiger partial charge is 0.213 e. The molecular formula is C17H16N6O. The number of rotatable bonds is 4. The van der Waals surface area contributed by atoms with Gasteiger partial charge in [-0.1, -0.05) is 24.3 Å². The van der Waals surface area contributed by atoms with Crippen LogP contribution in [0.2, 0.25) is 0 Å². The molecule has 7 heteroatoms. The van der Waals surface area contributed by atoms with Gasteiger partial charge in [-0.2, -0.15) is 5.10 Å². The van der Waals surface area contributed by atoms with Crippen molar-refractivity contribution in [2.45, 2.75) is 18.8 Å². The van der Waals surface area contributed by atoms with Crippen molar-refractivity contribution < 1.29 is 4.79 Å². The zero-order valence-corrected chi connectivity index (χ0v) is 12.9. The first-order chi connectivity index (χ1) is 11.8. The molecular weight excluding hydrogens is 304 g/mol. The van der Waals surface area contributed by atoms with E-state index in [1.165, 1.54) is 0 Å². The lowest BCUT2D eigenvalue weighted by atomic mass is 10.1. The van der Waals surface area contributed by atoms with Crippen LogP contribution in [0.15, 0.2) is 42.7 Å². The molecule has 3 aromatic rings. The largest absolute Gasteiger partial charge is 0.323 e. The maximum absolute atomic E-state index is 10.5. The van der Waals surface area contributed by atoms with Crippen molar-refractivity contribution in [3.05, 3.63) is 48.4 Å². The molecule has 0 radical (unpaired) electrons. The first-order valence-corrected chi connectivity index (χ1v) is 7.75. The lowest BCUT2D eigenvalue weighted by molar-refractivity contribution is -0.108. The summed E-state index contributed by atoms with van der Waals surface area (Å²) in [6.07, 6.45) is 6.10. The summed E-state index contributed by atoms with van der Waals surface area (Å²) in [5, 5.41) is 19.5. The van der Waals surface area contributed by atoms with Crippen molar-refractivity contribution in [3.63, 3.8) is 0 Å². The molecule has 1 aliphatic rings. The third kappa shape index (κ3) is 2.50. The van der Waals surface area contributed by atoms with Gasteiger partial charge in [0, 0.05) is 17.5 Å². The lowest BCUT2D eigenvalue weighted by Gasteiger charge is -2.11. The van der Waals surface area contributed by atoms with Crippen molar-refractivity contribution in [1.82, 2.24) is 20.1 Å². The van der Waals surface area contributed by atoms with Gasteiger partial charge in [0.05, 0.1) is 17.6 Å². The highest BCUT2D eigenvalue weighted by Crippen LogP contribution is 2.44. The lowest BCUT2D eigenvalue weighted by Crippen LogP contribution is -2.28. The Morgan fingerprint density at radius 3 is 2.92 bits per heavy atom. The van der Waals surface area contributed by atoms with Crippen LogP contribution >= 0.6 is 0 Å². The van der Waals surface area contributed by atoms with E-state index < -0.39 is 0 Å². The van der Waals surface area contributed by atoms with Gasteiger partial charge in [-0.25, -0.2) is 9.67 Å². The quantitative estimate of drug-likeness (QED) is 0.391. The van der Waals surface area contributed by atoms with Crippen molar-refractivity contribution in [1.29, 1.82) is 5.41 Å². The number of benzene rings is 1. The number of aromatic nitrogens is 3. The molecule has 1 amide bonds. The number of fused-ring (bicyclic) bond motifs is 1. The van der Waals surface area contributed by atoms with Crippen LogP contribution < -0.4 is 10.6 Å². The minimum atomic E-state index is -0.0719. The van der Waals surface area contributed by atoms with Gasteiger partial charge in [0.15, 0.2) is 11.8 Å². The Morgan fingerprint density at radius 2 is 2.12 bits per heavy atom. The van der Waals surface area contributed by atoms with Gasteiger partial charge >= 0.3 is 0 Å². The van der Waals surface area contributed by atoms with Crippen molar-refractivity contribution in [3.8, 4) is 5.82 Å². The Bertz CT molecular complexity index is 922. The second kappa shape index (κ2) is 5.77. The molecule has 3 N–H and O–H groups in total. The topological polar surface area (TPSA) is 95.7 Å². The van der Waals surface area contributed by atoms with E-state index in [2.05, 4.69) is 20.7 Å². The van der Waals surface area contributed by atoms with E-state index in [0.717, 1.165) is 40.8 Å². The molecule has 0 saturated heterocycles. The summed E-state index contributed by atoms with van der Waals surface area (Å²) in [5.74, 6) is 1.09. The Balaban J connectivity index is 1.82. The maximum atomic E-state index is 10.5. The number of amides is 1. The average Bonchev–Trinajstić information content (AvgIpc) is 3.35. The minimum Gasteiger partial charge on any atom is -0.323 e. The predicted molar refractivity (Wildman–Crippen MR) is 91.4 cm³/mol. The molecule has 1 aliphatic carbocycles. The molecule has 24 heavy (non-hydrogen) atoms. The summed E-state index contributed by atoms with van der Waals surface area (Å²) in [4.78, 5) is 15.0. The standard InChI is InChI=1S/C17H16N6O/c18-17(20-10-24)22-14-9-21-23(15(14)12-5-6-12)16-13-4-2-1-3-11(13)7-8-19-16/h1-4,7-10,12H,5-6H2,(H3,18,20,22,24). The summed E-state index contributed by atoms with van der Waals surface area (Å²) >= 11 is 0. The minimum absolute atomic E-state index is 0.0719. The molecule has 0 aliphatic heterocycles. The third-order valence-electron chi connectivity index (χ3n) is 4.09. The summed E-state index contributed by atoms with van der Waals surface area (Å²) < 4.78 is 1.84. The fourth-order valence-electron chi connectivity index (χ4n) is 2.87. The van der Waals surface area contributed by atoms with E-state index in [1.54, 1.807) is 12.4 Å². The molecule has 7 nitrogen and oxygen atoms in total. The van der Waals surface area contributed by atoms with Gasteiger partial charge < -0.3 is 5.32 Å². The molecule has 1 aromatic carbocycles. The van der Waals surface area contributed by atoms with Crippen LogP contribution in [0.25, 0.3) is 16.6 Å². The number of carbonyl (C=O) groups is 1. The van der Waals surface area contributed by atoms with E-state index in [-0.39, 0.29) is 5.96 Å². The van der Waals surface area contributed by atoms with Crippen molar-refractivity contribution >= 4 is 28.8 Å². The van der Waals surface area contributed by atoms with E-state index in [1.807, 2.05) is 35.0 Å². The Hall–Kier alpha value is -3.22. The predicted octanol–water partition coefficient (Wildman–Crippen LogP) is 2.39. The van der Waals surface area contributed by atoms with Gasteiger partial charge in [-0.05, 0) is 24.3 Å². The number of anilines is 1. The maximum Gasteiger partial charge on any atom is 0.213 e. The molecule has 4 rings (SSSR count). The van der Waals surface area contributed by atoms with Crippen LogP contribution in [0, 0.1) is 5.41 Å². The number of hydrogen-bond donors (Lipinski definition) is 3. The van der Waals surface area contributed by atoms with E-state index in [4.69, 9.17) is 5.41 Å². The molecule has 120 valence electrons. The Morgan fingerprint density at radius 1 is 1.29 bits per heavy atom. The highest BCUT2D eigenvalue weighted by atomic mass is 16.1. The summed E-state index contributed by atoms with van der Waals surface area (Å²) in [6, 6.07) is 10.0. The first-order valence-electron chi connectivity index (χ1n) is 7.75. The van der Waals surface area contributed by atoms with Crippen LogP contribution in [0.4, 0.5) is 5.69 Å². The van der Waals surface area contributed by atoms with E-state index in [9.17, 15) is 4.79 Å². The number of guanidine groups is 1. The fraction of sp³-hybridized carbons (Fsp3) is 0.176. The van der Waals surface area contributed by atoms with Gasteiger partial charge in [0.2, 0.25) is 6.41 Å². The van der Waals surface area contributed by atoms with Crippen molar-refractivity contribution in [2.75, 3.05) is 5.32 Å². The monoisotopic (exact) mass is 320 g/mol. The average molecular weight is 320 g/mol. The van der Waals surface area contributed by atoms with Crippen molar-refractivity contribution in [2.24, 2.45) is 0 Å². The number of nitrogens with zero attached hydrogens (tertiary/aromatic N) is 3. The second-order valence-electron chi connectivity index (χ2n) is 5.75. The molecule has 1 saturated carbocycles. The molecule has 0 spiro atoms. The molecule has 2 aromatic heterocycles. The molecule has 0 unspecified atom stereocenters. The van der Waals surface area contributed by atoms with Gasteiger partial charge in [-0.15, -0.1) is 0 Å².